The molecule has 2 aromatic heterocycles. The summed E-state index contributed by atoms with van der Waals surface area (Å²) in [5, 5.41) is 10.6. The number of hydrogen-bond donors (Lipinski definition) is 1. The van der Waals surface area contributed by atoms with Crippen LogP contribution >= 0.6 is 0 Å². The number of furan rings is 2. The SMILES string of the molecule is CCCCCCOc1ccc(C(=O)Oc2ccc(C(=O)Oc3cccc4c3[C@]3(CCc5cccc(OC(=O)/C=C/c6ccoc6)c53)CC4)cc2)cc1.CCN(CC)CC.O=C(/C=C/c1ccoc1)Oc1cccc2c1[C@]1(CCc3cccc(O)c31)CC2. The largest absolute Gasteiger partial charge is 0.508 e. The number of fused-ring (bicyclic) bond motifs is 8. The van der Waals surface area contributed by atoms with Gasteiger partial charge >= 0.3 is 23.9 Å². The van der Waals surface area contributed by atoms with Gasteiger partial charge in [0.1, 0.15) is 34.5 Å². The molecule has 6 aromatic carbocycles. The summed E-state index contributed by atoms with van der Waals surface area (Å²) < 4.78 is 39.2. The maximum Gasteiger partial charge on any atom is 0.343 e. The van der Waals surface area contributed by atoms with Gasteiger partial charge in [-0.1, -0.05) is 95.5 Å². The number of nitrogens with zero attached hydrogens (tertiary/aromatic N) is 1. The Morgan fingerprint density at radius 3 is 1.34 bits per heavy atom. The van der Waals surface area contributed by atoms with Crippen molar-refractivity contribution >= 4 is 36.0 Å². The first-order chi connectivity index (χ1) is 42.4. The molecule has 1 N–H and O–H groups in total. The number of hydrogen-bond acceptors (Lipinski definition) is 13. The molecule has 0 radical (unpaired) electrons. The van der Waals surface area contributed by atoms with Crippen LogP contribution in [0.2, 0.25) is 0 Å². The fraction of sp³-hybridized carbons (Fsp3) is 0.297. The molecule has 2 atom stereocenters. The summed E-state index contributed by atoms with van der Waals surface area (Å²) in [5.41, 5.74) is 10.1. The fourth-order valence-corrected chi connectivity index (χ4v) is 12.9. The van der Waals surface area contributed by atoms with Gasteiger partial charge in [-0.2, -0.15) is 0 Å². The van der Waals surface area contributed by atoms with Crippen molar-refractivity contribution in [2.75, 3.05) is 26.2 Å². The molecule has 13 nitrogen and oxygen atoms in total. The molecule has 12 rings (SSSR count). The molecule has 0 unspecified atom stereocenters. The highest BCUT2D eigenvalue weighted by molar-refractivity contribution is 5.93. The average Bonchev–Trinajstić information content (AvgIpc) is 1.61. The summed E-state index contributed by atoms with van der Waals surface area (Å²) in [4.78, 5) is 54.1. The van der Waals surface area contributed by atoms with E-state index in [1.165, 1.54) is 55.8 Å². The Kier molecular flexibility index (Phi) is 19.8. The summed E-state index contributed by atoms with van der Waals surface area (Å²) in [5.74, 6) is 0.995. The summed E-state index contributed by atoms with van der Waals surface area (Å²) in [6.07, 6.45) is 23.7. The van der Waals surface area contributed by atoms with Crippen molar-refractivity contribution in [3.8, 4) is 34.5 Å². The van der Waals surface area contributed by atoms with Crippen molar-refractivity contribution in [1.82, 2.24) is 4.90 Å². The van der Waals surface area contributed by atoms with Crippen molar-refractivity contribution in [3.63, 3.8) is 0 Å². The number of phenolic OH excluding ortho intramolecular Hbond substituents is 1. The number of phenols is 1. The predicted octanol–water partition coefficient (Wildman–Crippen LogP) is 15.6. The molecule has 0 saturated heterocycles. The van der Waals surface area contributed by atoms with E-state index in [0.717, 1.165) is 109 Å². The van der Waals surface area contributed by atoms with E-state index in [4.69, 9.17) is 32.5 Å². The quantitative estimate of drug-likeness (QED) is 0.0352. The minimum atomic E-state index is -0.527. The Balaban J connectivity index is 0.000000199. The second-order valence-corrected chi connectivity index (χ2v) is 22.3. The summed E-state index contributed by atoms with van der Waals surface area (Å²) >= 11 is 0. The van der Waals surface area contributed by atoms with Gasteiger partial charge < -0.3 is 42.5 Å². The van der Waals surface area contributed by atoms with E-state index in [0.29, 0.717) is 52.2 Å². The second-order valence-electron chi connectivity index (χ2n) is 22.3. The molecule has 87 heavy (non-hydrogen) atoms. The summed E-state index contributed by atoms with van der Waals surface area (Å²) in [6, 6.07) is 40.0. The molecule has 0 aliphatic heterocycles. The number of rotatable bonds is 19. The number of esters is 4. The topological polar surface area (TPSA) is 164 Å². The van der Waals surface area contributed by atoms with E-state index in [-0.39, 0.29) is 5.41 Å². The van der Waals surface area contributed by atoms with Gasteiger partial charge in [0.25, 0.3) is 0 Å². The van der Waals surface area contributed by atoms with Gasteiger partial charge in [-0.25, -0.2) is 19.2 Å². The van der Waals surface area contributed by atoms with Crippen LogP contribution in [0.3, 0.4) is 0 Å². The van der Waals surface area contributed by atoms with Crippen LogP contribution in [0.25, 0.3) is 12.2 Å². The van der Waals surface area contributed by atoms with Crippen LogP contribution < -0.4 is 23.7 Å². The van der Waals surface area contributed by atoms with Gasteiger partial charge in [-0.15, -0.1) is 0 Å². The first-order valence-electron chi connectivity index (χ1n) is 30.5. The first kappa shape index (κ1) is 60.9. The van der Waals surface area contributed by atoms with Gasteiger partial charge in [0, 0.05) is 56.4 Å². The number of aromatic hydroxyl groups is 1. The molecule has 13 heteroatoms. The Morgan fingerprint density at radius 1 is 0.483 bits per heavy atom. The maximum atomic E-state index is 13.5. The number of benzene rings is 6. The Morgan fingerprint density at radius 2 is 0.908 bits per heavy atom. The van der Waals surface area contributed by atoms with Crippen LogP contribution in [0.5, 0.6) is 34.5 Å². The van der Waals surface area contributed by atoms with Crippen molar-refractivity contribution in [2.24, 2.45) is 0 Å². The Labute approximate surface area is 509 Å². The third kappa shape index (κ3) is 13.9. The molecular formula is C74H75NO12. The zero-order chi connectivity index (χ0) is 60.8. The second kappa shape index (κ2) is 28.3. The van der Waals surface area contributed by atoms with Crippen molar-refractivity contribution in [2.45, 2.75) is 116 Å². The Hall–Kier alpha value is -9.20. The maximum absolute atomic E-state index is 13.5. The van der Waals surface area contributed by atoms with E-state index in [9.17, 15) is 24.3 Å². The molecule has 448 valence electrons. The number of unbranched alkanes of at least 4 members (excludes halogenated alkanes) is 3. The fourth-order valence-electron chi connectivity index (χ4n) is 12.9. The molecule has 0 fully saturated rings. The van der Waals surface area contributed by atoms with Gasteiger partial charge in [0.05, 0.1) is 42.8 Å². The minimum absolute atomic E-state index is 0.277. The van der Waals surface area contributed by atoms with E-state index >= 15 is 0 Å². The van der Waals surface area contributed by atoms with Crippen LogP contribution in [-0.4, -0.2) is 60.1 Å². The lowest BCUT2D eigenvalue weighted by Gasteiger charge is -2.29. The molecule has 0 saturated carbocycles. The minimum Gasteiger partial charge on any atom is -0.508 e. The van der Waals surface area contributed by atoms with E-state index in [1.54, 1.807) is 104 Å². The van der Waals surface area contributed by atoms with Crippen LogP contribution in [0, 0.1) is 0 Å². The van der Waals surface area contributed by atoms with Gasteiger partial charge in [-0.05, 0) is 197 Å². The Bertz CT molecular complexity index is 3710. The highest BCUT2D eigenvalue weighted by atomic mass is 16.5. The lowest BCUT2D eigenvalue weighted by Crippen LogP contribution is -2.24. The molecule has 4 aliphatic carbocycles. The molecule has 0 amide bonds. The van der Waals surface area contributed by atoms with Crippen LogP contribution in [-0.2, 0) is 46.1 Å². The van der Waals surface area contributed by atoms with E-state index in [2.05, 4.69) is 56.9 Å². The molecule has 4 aliphatic rings. The van der Waals surface area contributed by atoms with Crippen molar-refractivity contribution in [3.05, 3.63) is 237 Å². The van der Waals surface area contributed by atoms with Crippen molar-refractivity contribution in [1.29, 1.82) is 0 Å². The molecular weight excluding hydrogens is 1090 g/mol. The highest BCUT2D eigenvalue weighted by Crippen LogP contribution is 2.59. The lowest BCUT2D eigenvalue weighted by molar-refractivity contribution is -0.129. The van der Waals surface area contributed by atoms with Crippen molar-refractivity contribution < 1.29 is 56.8 Å². The summed E-state index contributed by atoms with van der Waals surface area (Å²) in [6.45, 7) is 12.9. The van der Waals surface area contributed by atoms with Crippen LogP contribution in [0.15, 0.2) is 179 Å². The molecule has 2 heterocycles. The normalized spacial score (nSPS) is 16.6. The van der Waals surface area contributed by atoms with Gasteiger partial charge in [-0.3, -0.25) is 0 Å². The molecule has 0 bridgehead atoms. The third-order valence-corrected chi connectivity index (χ3v) is 17.2. The monoisotopic (exact) mass is 1170 g/mol. The van der Waals surface area contributed by atoms with Gasteiger partial charge in [0.2, 0.25) is 0 Å². The zero-order valence-corrected chi connectivity index (χ0v) is 50.0. The average molecular weight is 1170 g/mol. The number of carbonyl (C=O) groups excluding carboxylic acids is 4. The zero-order valence-electron chi connectivity index (χ0n) is 50.0. The van der Waals surface area contributed by atoms with E-state index < -0.39 is 29.3 Å². The molecule has 8 aromatic rings. The summed E-state index contributed by atoms with van der Waals surface area (Å²) in [7, 11) is 0. The molecule has 2 spiro atoms. The number of ether oxygens (including phenoxy) is 5. The number of aryl methyl sites for hydroxylation is 4. The van der Waals surface area contributed by atoms with Gasteiger partial charge in [0.15, 0.2) is 0 Å². The van der Waals surface area contributed by atoms with Crippen LogP contribution in [0.1, 0.15) is 155 Å². The smallest absolute Gasteiger partial charge is 0.343 e. The van der Waals surface area contributed by atoms with Crippen LogP contribution in [0.4, 0.5) is 0 Å². The lowest BCUT2D eigenvalue weighted by atomic mass is 9.76. The first-order valence-corrected chi connectivity index (χ1v) is 30.5. The third-order valence-electron chi connectivity index (χ3n) is 17.2. The number of carbonyl (C=O) groups is 4. The van der Waals surface area contributed by atoms with E-state index in [1.807, 2.05) is 42.5 Å². The highest BCUT2D eigenvalue weighted by Gasteiger charge is 2.50. The predicted molar refractivity (Wildman–Crippen MR) is 335 cm³/mol. The standard InChI is InChI=1S/C44H40O8.C24H20O4.C6H15N/c1-2-3-4-5-27-49-35-17-13-33(14-18-35)42(46)50-36-19-15-34(16-20-36)43(47)52-38-11-7-9-32-23-26-44(41(32)38)25-22-31-8-6-10-37(40(31)44)51-39(45)21-12-30-24-28-48-29-30;25-19-5-1-3-17-9-12-24(22(17)19)13-10-18-4-2-6-20(23(18)24)28-21(26)8-7-16-11-14-27-15-16;1-4-7(5-2)6-3/h6-21,24,28-29H,2-5,22-23,25-27H2,1H3;1-8,11,14-15,25H,9-10,12-13H2;4-6H2,1-3H3/b21-12+;8-7+;/t44-;24-;/m11./s1.